The Morgan fingerprint density at radius 1 is 1.40 bits per heavy atom. The minimum absolute atomic E-state index is 0.0213. The Labute approximate surface area is 87.0 Å². The van der Waals surface area contributed by atoms with Crippen LogP contribution in [0.25, 0.3) is 0 Å². The number of carboxylic acids is 1. The van der Waals surface area contributed by atoms with E-state index in [1.807, 2.05) is 0 Å². The van der Waals surface area contributed by atoms with Crippen LogP contribution in [-0.4, -0.2) is 42.3 Å². The molecule has 0 saturated heterocycles. The lowest BCUT2D eigenvalue weighted by Gasteiger charge is -2.01. The van der Waals surface area contributed by atoms with Crippen LogP contribution in [-0.2, 0) is 19.7 Å². The maximum atomic E-state index is 10.1. The number of hydrogen-bond acceptors (Lipinski definition) is 5. The van der Waals surface area contributed by atoms with Crippen LogP contribution < -0.4 is 11.5 Å². The highest BCUT2D eigenvalue weighted by atomic mass is 32.2. The zero-order valence-electron chi connectivity index (χ0n) is 8.08. The molecule has 90 valence electrons. The minimum atomic E-state index is -3.67. The van der Waals surface area contributed by atoms with Crippen molar-refractivity contribution in [2.75, 3.05) is 6.26 Å². The van der Waals surface area contributed by atoms with Crippen molar-refractivity contribution in [2.45, 2.75) is 18.9 Å². The largest absolute Gasteiger partial charge is 0.480 e. The van der Waals surface area contributed by atoms with Crippen molar-refractivity contribution in [3.05, 3.63) is 0 Å². The van der Waals surface area contributed by atoms with Gasteiger partial charge in [-0.1, -0.05) is 0 Å². The van der Waals surface area contributed by atoms with E-state index in [4.69, 9.17) is 21.1 Å². The van der Waals surface area contributed by atoms with Crippen LogP contribution in [0.1, 0.15) is 12.8 Å². The highest BCUT2D eigenvalue weighted by Crippen LogP contribution is 1.92. The molecule has 0 heterocycles. The summed E-state index contributed by atoms with van der Waals surface area (Å²) < 4.78 is 25.9. The molecule has 0 bridgehead atoms. The van der Waals surface area contributed by atoms with Crippen LogP contribution in [0.4, 0.5) is 0 Å². The third-order valence-corrected chi connectivity index (χ3v) is 1.02. The van der Waals surface area contributed by atoms with Gasteiger partial charge in [-0.2, -0.15) is 8.42 Å². The minimum Gasteiger partial charge on any atom is -0.480 e. The number of carbonyl (C=O) groups excluding carboxylic acids is 1. The van der Waals surface area contributed by atoms with Gasteiger partial charge in [-0.05, 0) is 6.42 Å². The second-order valence-electron chi connectivity index (χ2n) is 2.68. The van der Waals surface area contributed by atoms with Crippen LogP contribution in [0.3, 0.4) is 0 Å². The van der Waals surface area contributed by atoms with Crippen molar-refractivity contribution in [2.24, 2.45) is 11.5 Å². The number of primary amides is 1. The first-order valence-corrected chi connectivity index (χ1v) is 5.58. The number of aliphatic carboxylic acids is 1. The Balaban J connectivity index is 0. The number of nitrogens with two attached hydrogens (primary N) is 2. The summed E-state index contributed by atoms with van der Waals surface area (Å²) in [5.41, 5.74) is 9.81. The molecule has 0 spiro atoms. The van der Waals surface area contributed by atoms with Gasteiger partial charge in [-0.15, -0.1) is 0 Å². The maximum Gasteiger partial charge on any atom is 0.320 e. The Hall–Kier alpha value is -1.19. The zero-order valence-corrected chi connectivity index (χ0v) is 8.90. The summed E-state index contributed by atoms with van der Waals surface area (Å²) in [4.78, 5) is 20.1. The van der Waals surface area contributed by atoms with Crippen molar-refractivity contribution in [3.8, 4) is 0 Å². The van der Waals surface area contributed by atoms with Crippen molar-refractivity contribution in [1.82, 2.24) is 0 Å². The second kappa shape index (κ2) is 7.15. The molecular weight excluding hydrogens is 228 g/mol. The van der Waals surface area contributed by atoms with Crippen LogP contribution in [0.5, 0.6) is 0 Å². The molecule has 9 heteroatoms. The van der Waals surface area contributed by atoms with E-state index in [0.29, 0.717) is 6.26 Å². The number of hydrogen-bond donors (Lipinski definition) is 4. The van der Waals surface area contributed by atoms with Crippen molar-refractivity contribution in [1.29, 1.82) is 0 Å². The van der Waals surface area contributed by atoms with Gasteiger partial charge in [-0.3, -0.25) is 14.1 Å². The summed E-state index contributed by atoms with van der Waals surface area (Å²) in [6.45, 7) is 0. The molecule has 0 aliphatic carbocycles. The van der Waals surface area contributed by atoms with Crippen LogP contribution in [0.2, 0.25) is 0 Å². The fraction of sp³-hybridized carbons (Fsp3) is 0.667. The van der Waals surface area contributed by atoms with Gasteiger partial charge in [0.05, 0.1) is 6.26 Å². The highest BCUT2D eigenvalue weighted by Gasteiger charge is 2.11. The van der Waals surface area contributed by atoms with Crippen molar-refractivity contribution < 1.29 is 27.7 Å². The third-order valence-electron chi connectivity index (χ3n) is 1.02. The number of carbonyl (C=O) groups is 2. The average Bonchev–Trinajstić information content (AvgIpc) is 1.96. The predicted octanol–water partition coefficient (Wildman–Crippen LogP) is -1.83. The quantitative estimate of drug-likeness (QED) is 0.421. The average molecular weight is 242 g/mol. The summed E-state index contributed by atoms with van der Waals surface area (Å²) in [6, 6.07) is -0.979. The van der Waals surface area contributed by atoms with Gasteiger partial charge in [0.25, 0.3) is 10.1 Å². The first kappa shape index (κ1) is 16.2. The summed E-state index contributed by atoms with van der Waals surface area (Å²) in [5, 5.41) is 8.22. The Kier molecular flexibility index (Phi) is 7.74. The molecule has 0 aliphatic rings. The second-order valence-corrected chi connectivity index (χ2v) is 4.15. The molecule has 15 heavy (non-hydrogen) atoms. The maximum absolute atomic E-state index is 10.1. The van der Waals surface area contributed by atoms with E-state index in [-0.39, 0.29) is 12.8 Å². The molecule has 0 rings (SSSR count). The molecule has 0 aromatic heterocycles. The standard InChI is InChI=1S/C5H10N2O3.CH4O3S/c6-3(5(9)10)1-2-4(7)8;1-5(2,3)4/h3H,1-2,6H2,(H2,7,8)(H,9,10);1H3,(H,2,3,4)/t3-;/m0./s1. The molecule has 0 aromatic rings. The van der Waals surface area contributed by atoms with E-state index >= 15 is 0 Å². The molecule has 0 aromatic carbocycles. The molecule has 6 N–H and O–H groups in total. The van der Waals surface area contributed by atoms with E-state index < -0.39 is 28.0 Å². The number of amides is 1. The Morgan fingerprint density at radius 2 is 1.73 bits per heavy atom. The van der Waals surface area contributed by atoms with E-state index in [2.05, 4.69) is 0 Å². The number of rotatable bonds is 4. The fourth-order valence-electron chi connectivity index (χ4n) is 0.421. The van der Waals surface area contributed by atoms with Crippen LogP contribution >= 0.6 is 0 Å². The molecule has 0 aliphatic heterocycles. The Bertz CT molecular complexity index is 304. The lowest BCUT2D eigenvalue weighted by atomic mass is 10.2. The van der Waals surface area contributed by atoms with Gasteiger partial charge < -0.3 is 16.6 Å². The zero-order chi connectivity index (χ0) is 12.6. The van der Waals surface area contributed by atoms with Gasteiger partial charge >= 0.3 is 5.97 Å². The monoisotopic (exact) mass is 242 g/mol. The molecule has 1 amide bonds. The van der Waals surface area contributed by atoms with Gasteiger partial charge in [0.15, 0.2) is 0 Å². The summed E-state index contributed by atoms with van der Waals surface area (Å²) in [5.74, 6) is -1.64. The topological polar surface area (TPSA) is 161 Å². The normalized spacial score (nSPS) is 12.2. The third kappa shape index (κ3) is 24.5. The first-order chi connectivity index (χ1) is 6.54. The first-order valence-electron chi connectivity index (χ1n) is 3.73. The van der Waals surface area contributed by atoms with E-state index in [0.717, 1.165) is 0 Å². The smallest absolute Gasteiger partial charge is 0.320 e. The summed E-state index contributed by atoms with van der Waals surface area (Å²) >= 11 is 0. The van der Waals surface area contributed by atoms with Crippen molar-refractivity contribution in [3.63, 3.8) is 0 Å². The number of carboxylic acid groups (broad SMARTS) is 1. The molecular formula is C6H14N2O6S. The lowest BCUT2D eigenvalue weighted by Crippen LogP contribution is -2.31. The van der Waals surface area contributed by atoms with Gasteiger partial charge in [0.2, 0.25) is 5.91 Å². The van der Waals surface area contributed by atoms with E-state index in [9.17, 15) is 18.0 Å². The van der Waals surface area contributed by atoms with Gasteiger partial charge in [0.1, 0.15) is 6.04 Å². The fourth-order valence-corrected chi connectivity index (χ4v) is 0.421. The van der Waals surface area contributed by atoms with Crippen molar-refractivity contribution >= 4 is 22.0 Å². The Morgan fingerprint density at radius 3 is 1.93 bits per heavy atom. The van der Waals surface area contributed by atoms with Gasteiger partial charge in [0, 0.05) is 6.42 Å². The summed E-state index contributed by atoms with van der Waals surface area (Å²) in [7, 11) is -3.67. The lowest BCUT2D eigenvalue weighted by molar-refractivity contribution is -0.138. The predicted molar refractivity (Wildman–Crippen MR) is 51.5 cm³/mol. The summed E-state index contributed by atoms with van der Waals surface area (Å²) in [6.07, 6.45) is 0.838. The van der Waals surface area contributed by atoms with Crippen LogP contribution in [0.15, 0.2) is 0 Å². The van der Waals surface area contributed by atoms with E-state index in [1.54, 1.807) is 0 Å². The SMILES string of the molecule is CS(=O)(=O)O.NC(=O)CC[C@H](N)C(=O)O. The molecule has 0 fully saturated rings. The highest BCUT2D eigenvalue weighted by molar-refractivity contribution is 7.85. The van der Waals surface area contributed by atoms with E-state index in [1.165, 1.54) is 0 Å². The van der Waals surface area contributed by atoms with Gasteiger partial charge in [-0.25, -0.2) is 0 Å². The molecule has 8 nitrogen and oxygen atoms in total. The molecule has 1 atom stereocenters. The molecule has 0 radical (unpaired) electrons. The van der Waals surface area contributed by atoms with Crippen LogP contribution in [0, 0.1) is 0 Å². The molecule has 0 saturated carbocycles. The molecule has 0 unspecified atom stereocenters.